The van der Waals surface area contributed by atoms with Crippen LogP contribution in [-0.2, 0) is 9.47 Å². The third kappa shape index (κ3) is 3.96. The highest BCUT2D eigenvalue weighted by Crippen LogP contribution is 2.10. The SMILES string of the molecule is COCCCN=C(NN)N(C)C1CCOC1. The summed E-state index contributed by atoms with van der Waals surface area (Å²) in [6.07, 6.45) is 1.92. The van der Waals surface area contributed by atoms with Gasteiger partial charge in [-0.15, -0.1) is 0 Å². The van der Waals surface area contributed by atoms with E-state index < -0.39 is 0 Å². The largest absolute Gasteiger partial charge is 0.385 e. The standard InChI is InChI=1S/C10H22N4O2/c1-14(9-4-7-16-8-9)10(13-11)12-5-3-6-15-2/h9H,3-8,11H2,1-2H3,(H,12,13). The summed E-state index contributed by atoms with van der Waals surface area (Å²) in [5.41, 5.74) is 2.64. The van der Waals surface area contributed by atoms with Gasteiger partial charge in [0.2, 0.25) is 5.96 Å². The molecule has 0 aliphatic carbocycles. The molecule has 0 spiro atoms. The quantitative estimate of drug-likeness (QED) is 0.220. The van der Waals surface area contributed by atoms with Gasteiger partial charge in [0.25, 0.3) is 0 Å². The van der Waals surface area contributed by atoms with Gasteiger partial charge >= 0.3 is 0 Å². The first kappa shape index (κ1) is 13.2. The Morgan fingerprint density at radius 1 is 1.69 bits per heavy atom. The van der Waals surface area contributed by atoms with Crippen LogP contribution in [0.4, 0.5) is 0 Å². The first-order valence-corrected chi connectivity index (χ1v) is 5.60. The van der Waals surface area contributed by atoms with Gasteiger partial charge in [-0.05, 0) is 12.8 Å². The molecule has 0 radical (unpaired) electrons. The second-order valence-electron chi connectivity index (χ2n) is 3.82. The van der Waals surface area contributed by atoms with Gasteiger partial charge in [0.05, 0.1) is 12.6 Å². The molecule has 1 fully saturated rings. The van der Waals surface area contributed by atoms with Crippen LogP contribution in [0.25, 0.3) is 0 Å². The van der Waals surface area contributed by atoms with Crippen LogP contribution in [0.2, 0.25) is 0 Å². The maximum atomic E-state index is 5.46. The predicted molar refractivity (Wildman–Crippen MR) is 63.1 cm³/mol. The zero-order chi connectivity index (χ0) is 11.8. The van der Waals surface area contributed by atoms with Crippen LogP contribution in [0.5, 0.6) is 0 Å². The molecule has 6 heteroatoms. The van der Waals surface area contributed by atoms with E-state index in [-0.39, 0.29) is 0 Å². The maximum Gasteiger partial charge on any atom is 0.208 e. The Morgan fingerprint density at radius 3 is 3.06 bits per heavy atom. The Kier molecular flexibility index (Phi) is 6.14. The molecule has 0 aromatic carbocycles. The van der Waals surface area contributed by atoms with Gasteiger partial charge in [-0.1, -0.05) is 0 Å². The molecule has 0 amide bonds. The third-order valence-electron chi connectivity index (χ3n) is 2.68. The van der Waals surface area contributed by atoms with Gasteiger partial charge in [-0.3, -0.25) is 10.4 Å². The minimum absolute atomic E-state index is 0.372. The zero-order valence-corrected chi connectivity index (χ0v) is 10.1. The molecule has 0 bridgehead atoms. The highest BCUT2D eigenvalue weighted by molar-refractivity contribution is 5.79. The lowest BCUT2D eigenvalue weighted by Crippen LogP contribution is -2.47. The van der Waals surface area contributed by atoms with Crippen LogP contribution < -0.4 is 11.3 Å². The number of guanidine groups is 1. The molecular formula is C10H22N4O2. The van der Waals surface area contributed by atoms with E-state index in [1.807, 2.05) is 11.9 Å². The van der Waals surface area contributed by atoms with E-state index in [1.54, 1.807) is 7.11 Å². The molecule has 94 valence electrons. The number of rotatable bonds is 5. The summed E-state index contributed by atoms with van der Waals surface area (Å²) in [5, 5.41) is 0. The van der Waals surface area contributed by atoms with Gasteiger partial charge in [-0.2, -0.15) is 0 Å². The Balaban J connectivity index is 2.38. The van der Waals surface area contributed by atoms with Gasteiger partial charge in [0.15, 0.2) is 0 Å². The molecule has 1 heterocycles. The number of hydrogen-bond donors (Lipinski definition) is 2. The molecule has 1 unspecified atom stereocenters. The molecule has 0 aromatic heterocycles. The van der Waals surface area contributed by atoms with Crippen LogP contribution in [0.3, 0.4) is 0 Å². The van der Waals surface area contributed by atoms with E-state index in [0.717, 1.165) is 32.7 Å². The minimum Gasteiger partial charge on any atom is -0.385 e. The van der Waals surface area contributed by atoms with E-state index in [4.69, 9.17) is 15.3 Å². The van der Waals surface area contributed by atoms with Crippen molar-refractivity contribution in [3.05, 3.63) is 0 Å². The Labute approximate surface area is 96.8 Å². The molecule has 1 aliphatic heterocycles. The lowest BCUT2D eigenvalue weighted by Gasteiger charge is -2.25. The summed E-state index contributed by atoms with van der Waals surface area (Å²) in [7, 11) is 3.67. The number of likely N-dealkylation sites (N-methyl/N-ethyl adjacent to an activating group) is 1. The lowest BCUT2D eigenvalue weighted by molar-refractivity contribution is 0.178. The van der Waals surface area contributed by atoms with Crippen LogP contribution in [0.15, 0.2) is 4.99 Å². The summed E-state index contributed by atoms with van der Waals surface area (Å²) < 4.78 is 10.3. The molecule has 1 rings (SSSR count). The number of nitrogens with two attached hydrogens (primary N) is 1. The predicted octanol–water partition coefficient (Wildman–Crippen LogP) is -0.437. The van der Waals surface area contributed by atoms with Crippen molar-refractivity contribution in [3.8, 4) is 0 Å². The van der Waals surface area contributed by atoms with Crippen molar-refractivity contribution in [2.24, 2.45) is 10.8 Å². The van der Waals surface area contributed by atoms with E-state index >= 15 is 0 Å². The first-order chi connectivity index (χ1) is 7.79. The number of ether oxygens (including phenoxy) is 2. The van der Waals surface area contributed by atoms with Crippen molar-refractivity contribution in [2.45, 2.75) is 18.9 Å². The fourth-order valence-corrected chi connectivity index (χ4v) is 1.65. The Bertz CT molecular complexity index is 217. The molecular weight excluding hydrogens is 208 g/mol. The van der Waals surface area contributed by atoms with Crippen LogP contribution in [0, 0.1) is 0 Å². The molecule has 6 nitrogen and oxygen atoms in total. The highest BCUT2D eigenvalue weighted by atomic mass is 16.5. The molecule has 1 atom stereocenters. The van der Waals surface area contributed by atoms with E-state index in [2.05, 4.69) is 10.4 Å². The zero-order valence-electron chi connectivity index (χ0n) is 10.1. The van der Waals surface area contributed by atoms with Gasteiger partial charge in [-0.25, -0.2) is 5.84 Å². The van der Waals surface area contributed by atoms with Crippen molar-refractivity contribution in [1.29, 1.82) is 0 Å². The maximum absolute atomic E-state index is 5.46. The average Bonchev–Trinajstić information content (AvgIpc) is 2.82. The minimum atomic E-state index is 0.372. The van der Waals surface area contributed by atoms with Crippen LogP contribution in [0.1, 0.15) is 12.8 Å². The van der Waals surface area contributed by atoms with E-state index in [9.17, 15) is 0 Å². The molecule has 0 aromatic rings. The number of hydrazine groups is 1. The van der Waals surface area contributed by atoms with Gasteiger partial charge in [0, 0.05) is 33.9 Å². The third-order valence-corrected chi connectivity index (χ3v) is 2.68. The number of methoxy groups -OCH3 is 1. The van der Waals surface area contributed by atoms with Crippen molar-refractivity contribution in [3.63, 3.8) is 0 Å². The second-order valence-corrected chi connectivity index (χ2v) is 3.82. The van der Waals surface area contributed by atoms with Crippen molar-refractivity contribution in [1.82, 2.24) is 10.3 Å². The number of nitrogens with zero attached hydrogens (tertiary/aromatic N) is 2. The Hall–Kier alpha value is -0.850. The average molecular weight is 230 g/mol. The fraction of sp³-hybridized carbons (Fsp3) is 0.900. The number of hydrogen-bond acceptors (Lipinski definition) is 4. The van der Waals surface area contributed by atoms with Crippen molar-refractivity contribution >= 4 is 5.96 Å². The summed E-state index contributed by atoms with van der Waals surface area (Å²) in [5.74, 6) is 6.18. The first-order valence-electron chi connectivity index (χ1n) is 5.60. The fourth-order valence-electron chi connectivity index (χ4n) is 1.65. The summed E-state index contributed by atoms with van der Waals surface area (Å²) >= 11 is 0. The summed E-state index contributed by atoms with van der Waals surface area (Å²) in [6.45, 7) is 2.99. The molecule has 16 heavy (non-hydrogen) atoms. The normalized spacial score (nSPS) is 21.2. The van der Waals surface area contributed by atoms with Gasteiger partial charge in [0.1, 0.15) is 0 Å². The summed E-state index contributed by atoms with van der Waals surface area (Å²) in [6, 6.07) is 0.372. The van der Waals surface area contributed by atoms with E-state index in [1.165, 1.54) is 0 Å². The number of nitrogens with one attached hydrogen (secondary N) is 1. The smallest absolute Gasteiger partial charge is 0.208 e. The van der Waals surface area contributed by atoms with Crippen molar-refractivity contribution in [2.75, 3.05) is 40.5 Å². The van der Waals surface area contributed by atoms with Crippen LogP contribution >= 0.6 is 0 Å². The molecule has 1 saturated heterocycles. The molecule has 3 N–H and O–H groups in total. The van der Waals surface area contributed by atoms with E-state index in [0.29, 0.717) is 18.5 Å². The topological polar surface area (TPSA) is 72.1 Å². The van der Waals surface area contributed by atoms with Crippen molar-refractivity contribution < 1.29 is 9.47 Å². The van der Waals surface area contributed by atoms with Gasteiger partial charge < -0.3 is 14.4 Å². The van der Waals surface area contributed by atoms with Crippen LogP contribution in [-0.4, -0.2) is 57.4 Å². The molecule has 0 saturated carbocycles. The Morgan fingerprint density at radius 2 is 2.50 bits per heavy atom. The second kappa shape index (κ2) is 7.43. The summed E-state index contributed by atoms with van der Waals surface area (Å²) in [4.78, 5) is 6.44. The number of aliphatic imine (C=N–C) groups is 1. The lowest BCUT2D eigenvalue weighted by atomic mass is 10.2. The monoisotopic (exact) mass is 230 g/mol. The molecule has 1 aliphatic rings. The highest BCUT2D eigenvalue weighted by Gasteiger charge is 2.22.